The van der Waals surface area contributed by atoms with E-state index < -0.39 is 12.0 Å². The molecular weight excluding hydrogens is 418 g/mol. The second-order valence-corrected chi connectivity index (χ2v) is 7.08. The van der Waals surface area contributed by atoms with E-state index in [1.54, 1.807) is 29.7 Å². The zero-order valence-corrected chi connectivity index (χ0v) is 15.8. The fourth-order valence-corrected chi connectivity index (χ4v) is 3.37. The number of allylic oxidation sites excluding steroid dienone is 1. The molecule has 7 nitrogen and oxygen atoms in total. The first-order valence-corrected chi connectivity index (χ1v) is 9.05. The minimum absolute atomic E-state index is 0.0438. The molecule has 0 unspecified atom stereocenters. The Labute approximate surface area is 167 Å². The van der Waals surface area contributed by atoms with Crippen LogP contribution in [0.5, 0.6) is 0 Å². The molecule has 28 heavy (non-hydrogen) atoms. The molecule has 0 saturated heterocycles. The van der Waals surface area contributed by atoms with Crippen molar-refractivity contribution in [3.05, 3.63) is 63.1 Å². The third-order valence-electron chi connectivity index (χ3n) is 4.33. The number of halogens is 5. The standard InChI is InChI=1S/C16H14Cl2F3N7/c17-9-1-2-10(18)8(5-9)7-28-4-3-22-14-12(28)6-11(24-26-14)13-23-15(27-25-13)16(19,20)21/h1-2,5-6,22,24,26H,3-4,7H2,(H,23,25,27)/p+1. The van der Waals surface area contributed by atoms with E-state index >= 15 is 0 Å². The SMILES string of the molecule is FC(F)(F)c1nc(C2=CC3=C(NCCN3Cc3cc(Cl)ccc3Cl)N[NH2+]2)n[nH]1. The first-order valence-electron chi connectivity index (χ1n) is 8.30. The Morgan fingerprint density at radius 2 is 2.07 bits per heavy atom. The maximum Gasteiger partial charge on any atom is 0.451 e. The first-order chi connectivity index (χ1) is 13.3. The summed E-state index contributed by atoms with van der Waals surface area (Å²) in [6.07, 6.45) is -2.85. The number of nitrogens with two attached hydrogens (primary N) is 1. The molecule has 0 spiro atoms. The van der Waals surface area contributed by atoms with Crippen molar-refractivity contribution >= 4 is 28.9 Å². The zero-order chi connectivity index (χ0) is 19.9. The van der Waals surface area contributed by atoms with Gasteiger partial charge in [0.15, 0.2) is 5.82 Å². The smallest absolute Gasteiger partial charge is 0.364 e. The van der Waals surface area contributed by atoms with Crippen LogP contribution in [0.1, 0.15) is 17.2 Å². The number of benzene rings is 1. The van der Waals surface area contributed by atoms with E-state index in [0.29, 0.717) is 35.4 Å². The largest absolute Gasteiger partial charge is 0.451 e. The fourth-order valence-electron chi connectivity index (χ4n) is 2.99. The molecule has 2 aliphatic rings. The van der Waals surface area contributed by atoms with Crippen LogP contribution in [-0.4, -0.2) is 33.2 Å². The normalized spacial score (nSPS) is 17.0. The predicted molar refractivity (Wildman–Crippen MR) is 96.3 cm³/mol. The van der Waals surface area contributed by atoms with Gasteiger partial charge in [0, 0.05) is 35.8 Å². The van der Waals surface area contributed by atoms with E-state index in [1.165, 1.54) is 0 Å². The highest BCUT2D eigenvalue weighted by Gasteiger charge is 2.36. The predicted octanol–water partition coefficient (Wildman–Crippen LogP) is 1.83. The summed E-state index contributed by atoms with van der Waals surface area (Å²) in [5, 5.41) is 10.0. The van der Waals surface area contributed by atoms with Gasteiger partial charge in [-0.2, -0.15) is 18.2 Å². The van der Waals surface area contributed by atoms with E-state index in [0.717, 1.165) is 17.1 Å². The number of quaternary nitrogens is 1. The van der Waals surface area contributed by atoms with E-state index in [4.69, 9.17) is 23.2 Å². The van der Waals surface area contributed by atoms with Crippen LogP contribution >= 0.6 is 23.2 Å². The summed E-state index contributed by atoms with van der Waals surface area (Å²) in [5.74, 6) is -0.432. The lowest BCUT2D eigenvalue weighted by molar-refractivity contribution is -0.621. The number of rotatable bonds is 3. The Bertz CT molecular complexity index is 967. The van der Waals surface area contributed by atoms with Crippen LogP contribution in [0, 0.1) is 0 Å². The van der Waals surface area contributed by atoms with Gasteiger partial charge in [0.2, 0.25) is 17.3 Å². The van der Waals surface area contributed by atoms with E-state index in [1.807, 2.05) is 5.10 Å². The summed E-state index contributed by atoms with van der Waals surface area (Å²) < 4.78 is 38.3. The van der Waals surface area contributed by atoms with Crippen molar-refractivity contribution in [2.45, 2.75) is 12.7 Å². The van der Waals surface area contributed by atoms with Crippen LogP contribution in [0.3, 0.4) is 0 Å². The molecule has 0 amide bonds. The molecule has 148 valence electrons. The topological polar surface area (TPSA) is 85.5 Å². The van der Waals surface area contributed by atoms with Gasteiger partial charge in [0.1, 0.15) is 0 Å². The molecule has 0 fully saturated rings. The average molecular weight is 433 g/mol. The first kappa shape index (κ1) is 18.9. The summed E-state index contributed by atoms with van der Waals surface area (Å²) in [6, 6.07) is 5.24. The monoisotopic (exact) mass is 432 g/mol. The molecule has 4 rings (SSSR count). The minimum atomic E-state index is -4.58. The van der Waals surface area contributed by atoms with Crippen molar-refractivity contribution in [2.24, 2.45) is 0 Å². The van der Waals surface area contributed by atoms with Crippen LogP contribution < -0.4 is 16.2 Å². The van der Waals surface area contributed by atoms with Crippen molar-refractivity contribution in [3.63, 3.8) is 0 Å². The molecule has 1 aromatic heterocycles. The molecule has 2 aromatic rings. The van der Waals surface area contributed by atoms with Gasteiger partial charge in [-0.05, 0) is 23.8 Å². The number of hydrogen-bond acceptors (Lipinski definition) is 5. The second-order valence-electron chi connectivity index (χ2n) is 6.24. The summed E-state index contributed by atoms with van der Waals surface area (Å²) in [5.41, 5.74) is 6.67. The summed E-state index contributed by atoms with van der Waals surface area (Å²) >= 11 is 12.3. The van der Waals surface area contributed by atoms with Crippen molar-refractivity contribution in [2.75, 3.05) is 13.1 Å². The van der Waals surface area contributed by atoms with Gasteiger partial charge in [-0.1, -0.05) is 23.2 Å². The highest BCUT2D eigenvalue weighted by molar-refractivity contribution is 6.33. The maximum absolute atomic E-state index is 12.8. The number of aromatic nitrogens is 3. The molecule has 12 heteroatoms. The Morgan fingerprint density at radius 3 is 2.82 bits per heavy atom. The third kappa shape index (κ3) is 3.75. The van der Waals surface area contributed by atoms with Crippen LogP contribution in [0.2, 0.25) is 10.0 Å². The fraction of sp³-hybridized carbons (Fsp3) is 0.250. The van der Waals surface area contributed by atoms with Crippen molar-refractivity contribution < 1.29 is 18.6 Å². The van der Waals surface area contributed by atoms with Gasteiger partial charge in [-0.25, -0.2) is 10.9 Å². The Morgan fingerprint density at radius 1 is 1.25 bits per heavy atom. The third-order valence-corrected chi connectivity index (χ3v) is 4.93. The molecule has 2 aliphatic heterocycles. The molecule has 3 heterocycles. The summed E-state index contributed by atoms with van der Waals surface area (Å²) in [7, 11) is 0. The van der Waals surface area contributed by atoms with Crippen LogP contribution in [0.25, 0.3) is 5.70 Å². The van der Waals surface area contributed by atoms with Gasteiger partial charge >= 0.3 is 6.18 Å². The van der Waals surface area contributed by atoms with E-state index in [9.17, 15) is 13.2 Å². The van der Waals surface area contributed by atoms with Gasteiger partial charge in [-0.15, -0.1) is 5.10 Å². The number of aromatic amines is 1. The van der Waals surface area contributed by atoms with Crippen LogP contribution in [0.4, 0.5) is 13.2 Å². The van der Waals surface area contributed by atoms with Crippen LogP contribution in [-0.2, 0) is 12.7 Å². The summed E-state index contributed by atoms with van der Waals surface area (Å²) in [6.45, 7) is 1.86. The van der Waals surface area contributed by atoms with Crippen molar-refractivity contribution in [3.8, 4) is 0 Å². The lowest BCUT2D eigenvalue weighted by atomic mass is 10.1. The van der Waals surface area contributed by atoms with Crippen LogP contribution in [0.15, 0.2) is 35.8 Å². The van der Waals surface area contributed by atoms with Gasteiger partial charge in [0.05, 0.1) is 5.70 Å². The van der Waals surface area contributed by atoms with E-state index in [-0.39, 0.29) is 5.82 Å². The van der Waals surface area contributed by atoms with Gasteiger partial charge < -0.3 is 10.2 Å². The number of nitrogens with one attached hydrogen (secondary N) is 3. The Kier molecular flexibility index (Phi) is 4.86. The number of H-pyrrole nitrogens is 1. The number of alkyl halides is 3. The Balaban J connectivity index is 1.63. The lowest BCUT2D eigenvalue weighted by Gasteiger charge is -2.34. The van der Waals surface area contributed by atoms with Gasteiger partial charge in [0.25, 0.3) is 0 Å². The average Bonchev–Trinajstić information content (AvgIpc) is 3.15. The maximum atomic E-state index is 12.8. The van der Waals surface area contributed by atoms with Crippen molar-refractivity contribution in [1.82, 2.24) is 30.8 Å². The molecule has 5 N–H and O–H groups in total. The second kappa shape index (κ2) is 7.19. The van der Waals surface area contributed by atoms with Gasteiger partial charge in [-0.3, -0.25) is 5.10 Å². The molecular formula is C16H15Cl2F3N7+. The van der Waals surface area contributed by atoms with Crippen molar-refractivity contribution in [1.29, 1.82) is 0 Å². The lowest BCUT2D eigenvalue weighted by Crippen LogP contribution is -2.92. The van der Waals surface area contributed by atoms with E-state index in [2.05, 4.69) is 25.7 Å². The Hall–Kier alpha value is -2.43. The summed E-state index contributed by atoms with van der Waals surface area (Å²) in [4.78, 5) is 5.60. The molecule has 0 aliphatic carbocycles. The zero-order valence-electron chi connectivity index (χ0n) is 14.2. The molecule has 0 radical (unpaired) electrons. The molecule has 0 saturated carbocycles. The molecule has 0 bridgehead atoms. The highest BCUT2D eigenvalue weighted by Crippen LogP contribution is 2.28. The molecule has 1 aromatic carbocycles. The highest BCUT2D eigenvalue weighted by atomic mass is 35.5. The quantitative estimate of drug-likeness (QED) is 0.556. The molecule has 0 atom stereocenters. The number of nitrogens with zero attached hydrogens (tertiary/aromatic N) is 3. The minimum Gasteiger partial charge on any atom is -0.364 e. The number of hydrogen-bond donors (Lipinski definition) is 4.